The summed E-state index contributed by atoms with van der Waals surface area (Å²) in [6.07, 6.45) is 0.747. The summed E-state index contributed by atoms with van der Waals surface area (Å²) in [5.41, 5.74) is 13.4. The van der Waals surface area contributed by atoms with Gasteiger partial charge in [0.2, 0.25) is 5.82 Å². The van der Waals surface area contributed by atoms with Crippen LogP contribution in [0, 0.1) is 13.8 Å². The Morgan fingerprint density at radius 1 is 1.06 bits per heavy atom. The second-order valence-electron chi connectivity index (χ2n) is 8.55. The highest BCUT2D eigenvalue weighted by Crippen LogP contribution is 2.33. The van der Waals surface area contributed by atoms with E-state index in [1.54, 1.807) is 6.07 Å². The smallest absolute Gasteiger partial charge is 0.267 e. The number of benzene rings is 1. The zero-order chi connectivity index (χ0) is 24.7. The molecule has 0 atom stereocenters. The van der Waals surface area contributed by atoms with Gasteiger partial charge in [-0.15, -0.1) is 10.2 Å². The van der Waals surface area contributed by atoms with Gasteiger partial charge in [0.05, 0.1) is 12.2 Å². The van der Waals surface area contributed by atoms with Gasteiger partial charge in [-0.3, -0.25) is 4.79 Å². The third-order valence-corrected chi connectivity index (χ3v) is 6.32. The van der Waals surface area contributed by atoms with E-state index in [-0.39, 0.29) is 5.69 Å². The standard InChI is InChI=1S/C25H27N9O/c1-5-20-28-21-14(3)11-19(23(26)35)27-25(21)34(20)13-16-7-9-17(10-8-16)22-18(24-29-31-32-30-24)12-15(4)33(22)6-2/h7-12H,5-6,13H2,1-4H3,(H2,26,35)(H,29,30,31,32). The Kier molecular flexibility index (Phi) is 5.64. The highest BCUT2D eigenvalue weighted by molar-refractivity contribution is 5.93. The number of nitrogens with zero attached hydrogens (tertiary/aromatic N) is 7. The molecule has 0 radical (unpaired) electrons. The minimum atomic E-state index is -0.545. The summed E-state index contributed by atoms with van der Waals surface area (Å²) in [5, 5.41) is 14.7. The maximum Gasteiger partial charge on any atom is 0.267 e. The van der Waals surface area contributed by atoms with Gasteiger partial charge >= 0.3 is 0 Å². The van der Waals surface area contributed by atoms with Crippen molar-refractivity contribution >= 4 is 17.1 Å². The fourth-order valence-corrected chi connectivity index (χ4v) is 4.64. The number of nitrogens with two attached hydrogens (primary N) is 1. The van der Waals surface area contributed by atoms with Gasteiger partial charge in [-0.2, -0.15) is 5.21 Å². The van der Waals surface area contributed by atoms with Crippen LogP contribution in [0.15, 0.2) is 36.4 Å². The molecular formula is C25H27N9O. The molecule has 0 unspecified atom stereocenters. The lowest BCUT2D eigenvalue weighted by atomic mass is 10.0. The van der Waals surface area contributed by atoms with E-state index in [1.807, 2.05) is 6.92 Å². The zero-order valence-electron chi connectivity index (χ0n) is 20.2. The predicted molar refractivity (Wildman–Crippen MR) is 133 cm³/mol. The Morgan fingerprint density at radius 2 is 1.83 bits per heavy atom. The third kappa shape index (κ3) is 3.86. The molecule has 35 heavy (non-hydrogen) atoms. The molecule has 4 heterocycles. The summed E-state index contributed by atoms with van der Waals surface area (Å²) in [4.78, 5) is 21.1. The molecule has 0 aliphatic rings. The maximum absolute atomic E-state index is 11.8. The number of imidazole rings is 1. The van der Waals surface area contributed by atoms with E-state index in [1.165, 1.54) is 0 Å². The van der Waals surface area contributed by atoms with E-state index in [4.69, 9.17) is 10.7 Å². The number of carbonyl (C=O) groups is 1. The predicted octanol–water partition coefficient (Wildman–Crippen LogP) is 3.43. The van der Waals surface area contributed by atoms with Crippen LogP contribution in [-0.4, -0.2) is 45.6 Å². The number of hydrogen-bond acceptors (Lipinski definition) is 6. The summed E-state index contributed by atoms with van der Waals surface area (Å²) < 4.78 is 4.31. The maximum atomic E-state index is 11.8. The normalized spacial score (nSPS) is 11.4. The van der Waals surface area contributed by atoms with Crippen LogP contribution in [0.2, 0.25) is 0 Å². The number of aryl methyl sites for hydroxylation is 3. The van der Waals surface area contributed by atoms with Gasteiger partial charge in [0.25, 0.3) is 5.91 Å². The monoisotopic (exact) mass is 469 g/mol. The van der Waals surface area contributed by atoms with Crippen LogP contribution in [0.25, 0.3) is 33.8 Å². The Balaban J connectivity index is 1.55. The fourth-order valence-electron chi connectivity index (χ4n) is 4.64. The van der Waals surface area contributed by atoms with Crippen LogP contribution < -0.4 is 5.73 Å². The second-order valence-corrected chi connectivity index (χ2v) is 8.55. The van der Waals surface area contributed by atoms with Gasteiger partial charge in [0.15, 0.2) is 5.65 Å². The summed E-state index contributed by atoms with van der Waals surface area (Å²) in [6, 6.07) is 12.2. The molecule has 0 saturated heterocycles. The second kappa shape index (κ2) is 8.79. The SMILES string of the molecule is CCc1nc2c(C)cc(C(N)=O)nc2n1Cc1ccc(-c2c(-c3nn[nH]n3)cc(C)n2CC)cc1. The molecule has 0 fully saturated rings. The number of H-pyrrole nitrogens is 1. The van der Waals surface area contributed by atoms with Crippen LogP contribution in [0.4, 0.5) is 0 Å². The van der Waals surface area contributed by atoms with Crippen LogP contribution in [0.3, 0.4) is 0 Å². The highest BCUT2D eigenvalue weighted by Gasteiger charge is 2.19. The molecule has 0 spiro atoms. The number of fused-ring (bicyclic) bond motifs is 1. The van der Waals surface area contributed by atoms with E-state index in [2.05, 4.69) is 85.8 Å². The number of primary amides is 1. The first-order valence-electron chi connectivity index (χ1n) is 11.6. The summed E-state index contributed by atoms with van der Waals surface area (Å²) in [5.74, 6) is 0.941. The third-order valence-electron chi connectivity index (χ3n) is 6.32. The van der Waals surface area contributed by atoms with E-state index in [9.17, 15) is 4.79 Å². The van der Waals surface area contributed by atoms with Crippen LogP contribution in [0.5, 0.6) is 0 Å². The average Bonchev–Trinajstić information content (AvgIpc) is 3.57. The Labute approximate surface area is 202 Å². The summed E-state index contributed by atoms with van der Waals surface area (Å²) >= 11 is 0. The lowest BCUT2D eigenvalue weighted by Gasteiger charge is -2.12. The number of tetrazole rings is 1. The molecule has 0 aliphatic carbocycles. The number of aromatic amines is 1. The molecule has 0 aliphatic heterocycles. The van der Waals surface area contributed by atoms with Crippen molar-refractivity contribution in [1.29, 1.82) is 0 Å². The fraction of sp³-hybridized carbons (Fsp3) is 0.280. The van der Waals surface area contributed by atoms with E-state index >= 15 is 0 Å². The summed E-state index contributed by atoms with van der Waals surface area (Å²) in [6.45, 7) is 9.60. The van der Waals surface area contributed by atoms with Gasteiger partial charge in [0.1, 0.15) is 17.0 Å². The quantitative estimate of drug-likeness (QED) is 0.375. The Hall–Kier alpha value is -4.34. The van der Waals surface area contributed by atoms with Gasteiger partial charge < -0.3 is 14.9 Å². The van der Waals surface area contributed by atoms with Crippen LogP contribution in [0.1, 0.15) is 47.0 Å². The molecule has 5 rings (SSSR count). The zero-order valence-corrected chi connectivity index (χ0v) is 20.2. The number of aromatic nitrogens is 8. The van der Waals surface area contributed by atoms with Crippen molar-refractivity contribution in [2.24, 2.45) is 5.73 Å². The number of pyridine rings is 1. The van der Waals surface area contributed by atoms with Crippen molar-refractivity contribution in [3.05, 3.63) is 64.7 Å². The molecule has 1 amide bonds. The first-order valence-corrected chi connectivity index (χ1v) is 11.6. The molecule has 178 valence electrons. The minimum absolute atomic E-state index is 0.249. The van der Waals surface area contributed by atoms with Crippen molar-refractivity contribution in [3.63, 3.8) is 0 Å². The molecule has 4 aromatic heterocycles. The average molecular weight is 470 g/mol. The molecule has 5 aromatic rings. The lowest BCUT2D eigenvalue weighted by Crippen LogP contribution is -2.14. The van der Waals surface area contributed by atoms with Gasteiger partial charge in [-0.1, -0.05) is 31.2 Å². The molecule has 0 bridgehead atoms. The molecule has 10 heteroatoms. The number of nitrogens with one attached hydrogen (secondary N) is 1. The number of hydrogen-bond donors (Lipinski definition) is 2. The molecule has 10 nitrogen and oxygen atoms in total. The number of carbonyl (C=O) groups excluding carboxylic acids is 1. The van der Waals surface area contributed by atoms with Crippen molar-refractivity contribution in [2.45, 2.75) is 47.2 Å². The van der Waals surface area contributed by atoms with E-state index in [0.29, 0.717) is 18.0 Å². The van der Waals surface area contributed by atoms with Crippen molar-refractivity contribution in [1.82, 2.24) is 39.7 Å². The molecular weight excluding hydrogens is 442 g/mol. The number of rotatable bonds is 7. The molecule has 3 N–H and O–H groups in total. The summed E-state index contributed by atoms with van der Waals surface area (Å²) in [7, 11) is 0. The molecule has 0 saturated carbocycles. The van der Waals surface area contributed by atoms with Crippen molar-refractivity contribution in [2.75, 3.05) is 0 Å². The minimum Gasteiger partial charge on any atom is -0.364 e. The van der Waals surface area contributed by atoms with Crippen LogP contribution in [-0.2, 0) is 19.5 Å². The topological polar surface area (TPSA) is 133 Å². The van der Waals surface area contributed by atoms with Crippen molar-refractivity contribution in [3.8, 4) is 22.6 Å². The van der Waals surface area contributed by atoms with Gasteiger partial charge in [0, 0.05) is 24.2 Å². The van der Waals surface area contributed by atoms with E-state index < -0.39 is 5.91 Å². The van der Waals surface area contributed by atoms with Crippen molar-refractivity contribution < 1.29 is 4.79 Å². The number of amides is 1. The van der Waals surface area contributed by atoms with E-state index in [0.717, 1.165) is 57.9 Å². The van der Waals surface area contributed by atoms with Gasteiger partial charge in [-0.05, 0) is 54.8 Å². The Bertz CT molecular complexity index is 1530. The Morgan fingerprint density at radius 3 is 2.46 bits per heavy atom. The van der Waals surface area contributed by atoms with Gasteiger partial charge in [-0.25, -0.2) is 9.97 Å². The largest absolute Gasteiger partial charge is 0.364 e. The lowest BCUT2D eigenvalue weighted by molar-refractivity contribution is 0.0995. The van der Waals surface area contributed by atoms with Crippen LogP contribution >= 0.6 is 0 Å². The first kappa shape index (κ1) is 22.5. The molecule has 1 aromatic carbocycles. The first-order chi connectivity index (χ1) is 16.9. The highest BCUT2D eigenvalue weighted by atomic mass is 16.1.